The molecule has 0 saturated carbocycles. The first-order valence-corrected chi connectivity index (χ1v) is 8.11. The van der Waals surface area contributed by atoms with Gasteiger partial charge in [0, 0.05) is 51.1 Å². The van der Waals surface area contributed by atoms with Gasteiger partial charge in [0.25, 0.3) is 0 Å². The summed E-state index contributed by atoms with van der Waals surface area (Å²) in [6.07, 6.45) is 3.70. The number of carbonyl (C=O) groups excluding carboxylic acids is 2. The monoisotopic (exact) mass is 325 g/mol. The van der Waals surface area contributed by atoms with Gasteiger partial charge in [-0.2, -0.15) is 0 Å². The standard InChI is InChI=1S/C19H23N3O2/c1-3-22(18-7-5-4-6-8-18)19(24)11-14-21(16(2)23)15-17-9-12-20-13-10-17/h4-10,12-13H,3,11,14-15H2,1-2H3. The van der Waals surface area contributed by atoms with E-state index in [2.05, 4.69) is 4.98 Å². The van der Waals surface area contributed by atoms with Crippen LogP contribution in [0.5, 0.6) is 0 Å². The number of rotatable bonds is 7. The van der Waals surface area contributed by atoms with Crippen LogP contribution in [0.15, 0.2) is 54.9 Å². The van der Waals surface area contributed by atoms with Crippen molar-refractivity contribution in [3.63, 3.8) is 0 Å². The molecule has 0 saturated heterocycles. The largest absolute Gasteiger partial charge is 0.338 e. The van der Waals surface area contributed by atoms with E-state index in [0.717, 1.165) is 11.3 Å². The summed E-state index contributed by atoms with van der Waals surface area (Å²) in [6, 6.07) is 13.3. The zero-order chi connectivity index (χ0) is 17.4. The lowest BCUT2D eigenvalue weighted by atomic mass is 10.2. The van der Waals surface area contributed by atoms with Gasteiger partial charge in [-0.15, -0.1) is 0 Å². The van der Waals surface area contributed by atoms with Crippen molar-refractivity contribution in [3.8, 4) is 0 Å². The van der Waals surface area contributed by atoms with Crippen LogP contribution in [0.3, 0.4) is 0 Å². The predicted octanol–water partition coefficient (Wildman–Crippen LogP) is 2.87. The molecular weight excluding hydrogens is 302 g/mol. The number of benzene rings is 1. The highest BCUT2D eigenvalue weighted by Gasteiger charge is 2.16. The Morgan fingerprint density at radius 3 is 2.29 bits per heavy atom. The Balaban J connectivity index is 1.98. The molecule has 0 fully saturated rings. The number of pyridine rings is 1. The molecule has 0 bridgehead atoms. The fourth-order valence-corrected chi connectivity index (χ4v) is 2.53. The second kappa shape index (κ2) is 8.82. The summed E-state index contributed by atoms with van der Waals surface area (Å²) in [5.74, 6) is -0.0212. The Morgan fingerprint density at radius 1 is 1.04 bits per heavy atom. The summed E-state index contributed by atoms with van der Waals surface area (Å²) >= 11 is 0. The first kappa shape index (κ1) is 17.7. The van der Waals surface area contributed by atoms with Crippen molar-refractivity contribution in [1.29, 1.82) is 0 Å². The van der Waals surface area contributed by atoms with Gasteiger partial charge in [0.05, 0.1) is 0 Å². The van der Waals surface area contributed by atoms with E-state index in [-0.39, 0.29) is 11.8 Å². The van der Waals surface area contributed by atoms with E-state index >= 15 is 0 Å². The summed E-state index contributed by atoms with van der Waals surface area (Å²) in [5, 5.41) is 0. The van der Waals surface area contributed by atoms with E-state index in [9.17, 15) is 9.59 Å². The molecule has 2 amide bonds. The molecule has 0 aliphatic carbocycles. The maximum atomic E-state index is 12.5. The topological polar surface area (TPSA) is 53.5 Å². The first-order chi connectivity index (χ1) is 11.6. The number of anilines is 1. The number of para-hydroxylation sites is 1. The molecule has 0 aliphatic rings. The van der Waals surface area contributed by atoms with Crippen molar-refractivity contribution >= 4 is 17.5 Å². The van der Waals surface area contributed by atoms with Crippen molar-refractivity contribution < 1.29 is 9.59 Å². The van der Waals surface area contributed by atoms with Crippen LogP contribution in [0.1, 0.15) is 25.8 Å². The second-order valence-electron chi connectivity index (χ2n) is 5.52. The number of hydrogen-bond donors (Lipinski definition) is 0. The van der Waals surface area contributed by atoms with Crippen molar-refractivity contribution in [2.45, 2.75) is 26.8 Å². The van der Waals surface area contributed by atoms with E-state index in [1.54, 1.807) is 22.2 Å². The Hall–Kier alpha value is -2.69. The van der Waals surface area contributed by atoms with Crippen LogP contribution in [0.4, 0.5) is 5.69 Å². The summed E-state index contributed by atoms with van der Waals surface area (Å²) in [7, 11) is 0. The molecule has 126 valence electrons. The minimum absolute atomic E-state index is 0.0182. The van der Waals surface area contributed by atoms with Gasteiger partial charge in [-0.05, 0) is 36.8 Å². The molecule has 2 aromatic rings. The van der Waals surface area contributed by atoms with E-state index in [1.807, 2.05) is 49.4 Å². The van der Waals surface area contributed by atoms with Gasteiger partial charge >= 0.3 is 0 Å². The maximum absolute atomic E-state index is 12.5. The molecule has 1 heterocycles. The van der Waals surface area contributed by atoms with Crippen LogP contribution in [0, 0.1) is 0 Å². The smallest absolute Gasteiger partial charge is 0.228 e. The molecule has 2 rings (SSSR count). The molecule has 0 N–H and O–H groups in total. The molecule has 1 aromatic carbocycles. The second-order valence-corrected chi connectivity index (χ2v) is 5.52. The van der Waals surface area contributed by atoms with Gasteiger partial charge in [-0.3, -0.25) is 14.6 Å². The lowest BCUT2D eigenvalue weighted by molar-refractivity contribution is -0.130. The molecular formula is C19H23N3O2. The summed E-state index contributed by atoms with van der Waals surface area (Å²) in [5.41, 5.74) is 1.89. The van der Waals surface area contributed by atoms with Gasteiger partial charge in [-0.1, -0.05) is 18.2 Å². The van der Waals surface area contributed by atoms with Gasteiger partial charge < -0.3 is 9.80 Å². The summed E-state index contributed by atoms with van der Waals surface area (Å²) in [6.45, 7) is 4.97. The third-order valence-corrected chi connectivity index (χ3v) is 3.85. The molecule has 0 atom stereocenters. The Bertz CT molecular complexity index is 659. The molecule has 5 nitrogen and oxygen atoms in total. The highest BCUT2D eigenvalue weighted by molar-refractivity contribution is 5.93. The van der Waals surface area contributed by atoms with Crippen molar-refractivity contribution in [2.75, 3.05) is 18.0 Å². The van der Waals surface area contributed by atoms with Crippen LogP contribution < -0.4 is 4.90 Å². The van der Waals surface area contributed by atoms with Gasteiger partial charge in [0.1, 0.15) is 0 Å². The highest BCUT2D eigenvalue weighted by Crippen LogP contribution is 2.14. The quantitative estimate of drug-likeness (QED) is 0.786. The van der Waals surface area contributed by atoms with Gasteiger partial charge in [0.15, 0.2) is 0 Å². The fraction of sp³-hybridized carbons (Fsp3) is 0.316. The number of carbonyl (C=O) groups is 2. The van der Waals surface area contributed by atoms with E-state index < -0.39 is 0 Å². The fourth-order valence-electron chi connectivity index (χ4n) is 2.53. The normalized spacial score (nSPS) is 10.2. The van der Waals surface area contributed by atoms with E-state index in [1.165, 1.54) is 6.92 Å². The van der Waals surface area contributed by atoms with Crippen LogP contribution in [0.2, 0.25) is 0 Å². The molecule has 5 heteroatoms. The van der Waals surface area contributed by atoms with E-state index in [0.29, 0.717) is 26.1 Å². The molecule has 0 aliphatic heterocycles. The lowest BCUT2D eigenvalue weighted by Crippen LogP contribution is -2.36. The van der Waals surface area contributed by atoms with Crippen LogP contribution in [0.25, 0.3) is 0 Å². The average Bonchev–Trinajstić information content (AvgIpc) is 2.61. The van der Waals surface area contributed by atoms with Gasteiger partial charge in [0.2, 0.25) is 11.8 Å². The summed E-state index contributed by atoms with van der Waals surface area (Å²) < 4.78 is 0. The number of hydrogen-bond acceptors (Lipinski definition) is 3. The van der Waals surface area contributed by atoms with E-state index in [4.69, 9.17) is 0 Å². The van der Waals surface area contributed by atoms with Crippen LogP contribution >= 0.6 is 0 Å². The van der Waals surface area contributed by atoms with Crippen molar-refractivity contribution in [3.05, 3.63) is 60.4 Å². The molecule has 0 radical (unpaired) electrons. The number of nitrogens with zero attached hydrogens (tertiary/aromatic N) is 3. The zero-order valence-corrected chi connectivity index (χ0v) is 14.2. The van der Waals surface area contributed by atoms with Crippen molar-refractivity contribution in [2.24, 2.45) is 0 Å². The van der Waals surface area contributed by atoms with Gasteiger partial charge in [-0.25, -0.2) is 0 Å². The first-order valence-electron chi connectivity index (χ1n) is 8.11. The zero-order valence-electron chi connectivity index (χ0n) is 14.2. The van der Waals surface area contributed by atoms with Crippen LogP contribution in [-0.4, -0.2) is 34.8 Å². The third-order valence-electron chi connectivity index (χ3n) is 3.85. The molecule has 0 spiro atoms. The third kappa shape index (κ3) is 4.91. The molecule has 0 unspecified atom stereocenters. The Labute approximate surface area is 142 Å². The highest BCUT2D eigenvalue weighted by atomic mass is 16.2. The Kier molecular flexibility index (Phi) is 6.49. The Morgan fingerprint density at radius 2 is 1.71 bits per heavy atom. The molecule has 1 aromatic heterocycles. The number of aromatic nitrogens is 1. The van der Waals surface area contributed by atoms with Crippen molar-refractivity contribution in [1.82, 2.24) is 9.88 Å². The minimum Gasteiger partial charge on any atom is -0.338 e. The average molecular weight is 325 g/mol. The maximum Gasteiger partial charge on any atom is 0.228 e. The lowest BCUT2D eigenvalue weighted by Gasteiger charge is -2.24. The predicted molar refractivity (Wildman–Crippen MR) is 94.4 cm³/mol. The number of amides is 2. The van der Waals surface area contributed by atoms with Crippen LogP contribution in [-0.2, 0) is 16.1 Å². The molecule has 24 heavy (non-hydrogen) atoms. The summed E-state index contributed by atoms with van der Waals surface area (Å²) in [4.78, 5) is 31.8. The minimum atomic E-state index is -0.0395. The SMILES string of the molecule is CCN(C(=O)CCN(Cc1ccncc1)C(C)=O)c1ccccc1.